The van der Waals surface area contributed by atoms with Gasteiger partial charge >= 0.3 is 11.9 Å². The summed E-state index contributed by atoms with van der Waals surface area (Å²) in [5.74, 6) is -1.35. The zero-order valence-electron chi connectivity index (χ0n) is 14.0. The lowest BCUT2D eigenvalue weighted by molar-refractivity contribution is -0.164. The highest BCUT2D eigenvalue weighted by molar-refractivity contribution is 7.89. The van der Waals surface area contributed by atoms with Crippen LogP contribution in [0.5, 0.6) is 0 Å². The van der Waals surface area contributed by atoms with Crippen molar-refractivity contribution >= 4 is 22.0 Å². The Hall–Kier alpha value is -1.93. The molecular formula is C17H21NO6S. The fourth-order valence-electron chi connectivity index (χ4n) is 3.01. The first-order valence-electron chi connectivity index (χ1n) is 8.32. The highest BCUT2D eigenvalue weighted by Crippen LogP contribution is 2.25. The number of sulfonamides is 1. The van der Waals surface area contributed by atoms with Crippen LogP contribution in [0.3, 0.4) is 0 Å². The zero-order chi connectivity index (χ0) is 18.0. The van der Waals surface area contributed by atoms with Gasteiger partial charge < -0.3 is 9.47 Å². The highest BCUT2D eigenvalue weighted by Gasteiger charge is 2.36. The van der Waals surface area contributed by atoms with Crippen LogP contribution in [-0.2, 0) is 29.1 Å². The Morgan fingerprint density at radius 2 is 1.80 bits per heavy atom. The molecule has 136 valence electrons. The van der Waals surface area contributed by atoms with Crippen LogP contribution in [-0.4, -0.2) is 50.5 Å². The van der Waals surface area contributed by atoms with Crippen molar-refractivity contribution in [2.75, 3.05) is 19.7 Å². The average Bonchev–Trinajstić information content (AvgIpc) is 3.00. The second-order valence-electron chi connectivity index (χ2n) is 6.37. The monoisotopic (exact) mass is 367 g/mol. The van der Waals surface area contributed by atoms with Gasteiger partial charge in [-0.3, -0.25) is 4.79 Å². The summed E-state index contributed by atoms with van der Waals surface area (Å²) in [7, 11) is -3.55. The Kier molecular flexibility index (Phi) is 5.10. The molecule has 0 aliphatic carbocycles. The molecule has 0 N–H and O–H groups in total. The van der Waals surface area contributed by atoms with Crippen LogP contribution >= 0.6 is 0 Å². The van der Waals surface area contributed by atoms with Crippen molar-refractivity contribution in [2.45, 2.75) is 37.2 Å². The third-order valence-corrected chi connectivity index (χ3v) is 6.50. The Morgan fingerprint density at radius 1 is 1.16 bits per heavy atom. The van der Waals surface area contributed by atoms with Gasteiger partial charge in [0.15, 0.2) is 0 Å². The maximum Gasteiger partial charge on any atom is 0.347 e. The molecule has 25 heavy (non-hydrogen) atoms. The Morgan fingerprint density at radius 3 is 2.36 bits per heavy atom. The highest BCUT2D eigenvalue weighted by atomic mass is 32.2. The van der Waals surface area contributed by atoms with E-state index in [1.54, 1.807) is 24.3 Å². The molecule has 1 atom stereocenters. The lowest BCUT2D eigenvalue weighted by Gasteiger charge is -2.30. The molecule has 8 heteroatoms. The molecule has 0 unspecified atom stereocenters. The predicted molar refractivity (Wildman–Crippen MR) is 88.1 cm³/mol. The number of benzene rings is 1. The van der Waals surface area contributed by atoms with Crippen molar-refractivity contribution in [1.82, 2.24) is 4.31 Å². The number of ether oxygens (including phenoxy) is 2. The number of carbonyl (C=O) groups is 2. The van der Waals surface area contributed by atoms with Gasteiger partial charge in [0.25, 0.3) is 0 Å². The van der Waals surface area contributed by atoms with E-state index >= 15 is 0 Å². The quantitative estimate of drug-likeness (QED) is 0.744. The van der Waals surface area contributed by atoms with Gasteiger partial charge in [0, 0.05) is 19.5 Å². The molecule has 1 aromatic rings. The van der Waals surface area contributed by atoms with Gasteiger partial charge in [0.05, 0.1) is 17.4 Å². The molecule has 7 nitrogen and oxygen atoms in total. The maximum absolute atomic E-state index is 12.6. The Balaban J connectivity index is 1.58. The van der Waals surface area contributed by atoms with Gasteiger partial charge in [-0.05, 0) is 31.9 Å². The summed E-state index contributed by atoms with van der Waals surface area (Å²) in [6.07, 6.45) is 0.324. The van der Waals surface area contributed by atoms with Crippen molar-refractivity contribution in [3.05, 3.63) is 29.8 Å². The van der Waals surface area contributed by atoms with Crippen molar-refractivity contribution in [1.29, 1.82) is 0 Å². The fourth-order valence-corrected chi connectivity index (χ4v) is 4.48. The zero-order valence-corrected chi connectivity index (χ0v) is 14.8. The van der Waals surface area contributed by atoms with Gasteiger partial charge in [-0.2, -0.15) is 4.31 Å². The molecule has 2 aliphatic rings. The Labute approximate surface area is 147 Å². The molecule has 1 aromatic carbocycles. The molecule has 2 heterocycles. The fraction of sp³-hybridized carbons (Fsp3) is 0.529. The first kappa shape index (κ1) is 17.9. The van der Waals surface area contributed by atoms with Crippen LogP contribution < -0.4 is 0 Å². The van der Waals surface area contributed by atoms with Gasteiger partial charge in [-0.1, -0.05) is 17.7 Å². The smallest absolute Gasteiger partial charge is 0.347 e. The van der Waals surface area contributed by atoms with E-state index in [4.69, 9.17) is 9.47 Å². The summed E-state index contributed by atoms with van der Waals surface area (Å²) in [6, 6.07) is 6.71. The number of piperidine rings is 1. The largest absolute Gasteiger partial charge is 0.463 e. The number of rotatable bonds is 4. The van der Waals surface area contributed by atoms with E-state index < -0.39 is 34.0 Å². The third-order valence-electron chi connectivity index (χ3n) is 4.59. The lowest BCUT2D eigenvalue weighted by Crippen LogP contribution is -2.41. The molecule has 0 aromatic heterocycles. The van der Waals surface area contributed by atoms with E-state index in [9.17, 15) is 18.0 Å². The summed E-state index contributed by atoms with van der Waals surface area (Å²) in [5, 5.41) is 0. The topological polar surface area (TPSA) is 90.0 Å². The minimum Gasteiger partial charge on any atom is -0.463 e. The molecule has 0 radical (unpaired) electrons. The summed E-state index contributed by atoms with van der Waals surface area (Å²) < 4.78 is 36.7. The summed E-state index contributed by atoms with van der Waals surface area (Å²) in [5.41, 5.74) is 0.992. The molecule has 2 aliphatic heterocycles. The number of carbonyl (C=O) groups excluding carboxylic acids is 2. The van der Waals surface area contributed by atoms with E-state index in [-0.39, 0.29) is 24.6 Å². The standard InChI is InChI=1S/C17H21NO6S/c1-12-2-4-14(5-3-12)25(21,22)18-9-6-13(7-10-18)16(19)24-15-8-11-23-17(15)20/h2-5,13,15H,6-11H2,1H3/t15-/m1/s1. The van der Waals surface area contributed by atoms with Crippen LogP contribution in [0.15, 0.2) is 29.2 Å². The molecule has 3 rings (SSSR count). The molecule has 2 fully saturated rings. The molecule has 2 saturated heterocycles. The van der Waals surface area contributed by atoms with E-state index in [0.29, 0.717) is 19.3 Å². The molecule has 0 bridgehead atoms. The van der Waals surface area contributed by atoms with Crippen LogP contribution in [0, 0.1) is 12.8 Å². The van der Waals surface area contributed by atoms with E-state index in [2.05, 4.69) is 0 Å². The van der Waals surface area contributed by atoms with Crippen LogP contribution in [0.25, 0.3) is 0 Å². The molecule has 0 saturated carbocycles. The number of hydrogen-bond donors (Lipinski definition) is 0. The van der Waals surface area contributed by atoms with Crippen LogP contribution in [0.2, 0.25) is 0 Å². The second kappa shape index (κ2) is 7.13. The van der Waals surface area contributed by atoms with Crippen molar-refractivity contribution in [2.24, 2.45) is 5.92 Å². The van der Waals surface area contributed by atoms with Gasteiger partial charge in [0.2, 0.25) is 16.1 Å². The van der Waals surface area contributed by atoms with E-state index in [1.807, 2.05) is 6.92 Å². The number of nitrogens with zero attached hydrogens (tertiary/aromatic N) is 1. The molecule has 0 amide bonds. The third kappa shape index (κ3) is 3.85. The second-order valence-corrected chi connectivity index (χ2v) is 8.31. The number of cyclic esters (lactones) is 1. The molecule has 0 spiro atoms. The molecular weight excluding hydrogens is 346 g/mol. The number of aryl methyl sites for hydroxylation is 1. The average molecular weight is 367 g/mol. The first-order valence-corrected chi connectivity index (χ1v) is 9.76. The minimum atomic E-state index is -3.55. The van der Waals surface area contributed by atoms with Crippen molar-refractivity contribution in [3.8, 4) is 0 Å². The van der Waals surface area contributed by atoms with Gasteiger partial charge in [0.1, 0.15) is 0 Å². The van der Waals surface area contributed by atoms with Crippen molar-refractivity contribution in [3.63, 3.8) is 0 Å². The Bertz CT molecular complexity index is 750. The normalized spacial score (nSPS) is 22.6. The van der Waals surface area contributed by atoms with Crippen LogP contribution in [0.4, 0.5) is 0 Å². The SMILES string of the molecule is Cc1ccc(S(=O)(=O)N2CCC(C(=O)O[C@@H]3CCOC3=O)CC2)cc1. The summed E-state index contributed by atoms with van der Waals surface area (Å²) in [4.78, 5) is 23.8. The minimum absolute atomic E-state index is 0.255. The first-order chi connectivity index (χ1) is 11.9. The lowest BCUT2D eigenvalue weighted by atomic mass is 9.98. The number of esters is 2. The maximum atomic E-state index is 12.6. The van der Waals surface area contributed by atoms with Gasteiger partial charge in [-0.15, -0.1) is 0 Å². The number of hydrogen-bond acceptors (Lipinski definition) is 6. The summed E-state index contributed by atoms with van der Waals surface area (Å²) in [6.45, 7) is 2.67. The predicted octanol–water partition coefficient (Wildman–Crippen LogP) is 1.25. The summed E-state index contributed by atoms with van der Waals surface area (Å²) >= 11 is 0. The van der Waals surface area contributed by atoms with E-state index in [0.717, 1.165) is 5.56 Å². The van der Waals surface area contributed by atoms with Crippen molar-refractivity contribution < 1.29 is 27.5 Å². The van der Waals surface area contributed by atoms with Crippen LogP contribution in [0.1, 0.15) is 24.8 Å². The van der Waals surface area contributed by atoms with Gasteiger partial charge in [-0.25, -0.2) is 13.2 Å². The van der Waals surface area contributed by atoms with E-state index in [1.165, 1.54) is 4.31 Å².